The van der Waals surface area contributed by atoms with Crippen LogP contribution in [-0.4, -0.2) is 29.9 Å². The number of pyridine rings is 2. The summed E-state index contributed by atoms with van der Waals surface area (Å²) in [7, 11) is 0. The minimum Gasteiger partial charge on any atom is -0.301 e. The fourth-order valence-corrected chi connectivity index (χ4v) is 7.32. The van der Waals surface area contributed by atoms with Gasteiger partial charge >= 0.3 is 0 Å². The molecule has 0 aromatic carbocycles. The number of nitrogens with zero attached hydrogens (tertiary/aromatic N) is 4. The highest BCUT2D eigenvalue weighted by Gasteiger charge is 2.19. The summed E-state index contributed by atoms with van der Waals surface area (Å²) in [5.74, 6) is 1.44. The lowest BCUT2D eigenvalue weighted by molar-refractivity contribution is 0.869. The highest BCUT2D eigenvalue weighted by atomic mass is 35.5. The number of aryl methyl sites for hydroxylation is 5. The Kier molecular flexibility index (Phi) is 9.07. The second-order valence-corrected chi connectivity index (χ2v) is 12.3. The van der Waals surface area contributed by atoms with Crippen LogP contribution in [0.1, 0.15) is 63.3 Å². The van der Waals surface area contributed by atoms with E-state index >= 15 is 0 Å². The normalized spacial score (nSPS) is 13.5. The number of hydrogen-bond acceptors (Lipinski definition) is 8. The van der Waals surface area contributed by atoms with E-state index in [1.54, 1.807) is 18.0 Å². The van der Waals surface area contributed by atoms with E-state index in [0.29, 0.717) is 16.1 Å². The van der Waals surface area contributed by atoms with Crippen molar-refractivity contribution in [3.05, 3.63) is 101 Å². The number of rotatable bonds is 6. The standard InChI is InChI=1S/C15H17N3OS.C14H14ClN3OS/c1-9-6-7-16-10(2)12(9)8-20-15-17-13-5-3-4-11(13)14(19)18-15;1-8-5-6-16-12(15)10(8)7-20-14-17-11-4-2-3-9(11)13(19)18-14/h6-7H,3-5,8H2,1-2H3,(H,17,18,19);5-6H,2-4,7H2,1H3,(H,17,18,19). The molecule has 2 aliphatic carbocycles. The third kappa shape index (κ3) is 6.50. The van der Waals surface area contributed by atoms with Crippen LogP contribution in [-0.2, 0) is 37.2 Å². The Bertz CT molecular complexity index is 1510. The average molecular weight is 595 g/mol. The summed E-state index contributed by atoms with van der Waals surface area (Å²) in [6.45, 7) is 6.10. The van der Waals surface area contributed by atoms with Gasteiger partial charge in [-0.1, -0.05) is 35.1 Å². The van der Waals surface area contributed by atoms with Gasteiger partial charge < -0.3 is 9.97 Å². The van der Waals surface area contributed by atoms with Gasteiger partial charge in [0.25, 0.3) is 11.1 Å². The molecule has 0 spiro atoms. The van der Waals surface area contributed by atoms with Crippen LogP contribution in [0.3, 0.4) is 0 Å². The van der Waals surface area contributed by atoms with Crippen molar-refractivity contribution < 1.29 is 0 Å². The number of H-pyrrole nitrogens is 2. The molecular formula is C29H31ClN6O2S2. The van der Waals surface area contributed by atoms with Crippen molar-refractivity contribution in [1.82, 2.24) is 29.9 Å². The first-order valence-electron chi connectivity index (χ1n) is 13.3. The highest BCUT2D eigenvalue weighted by Crippen LogP contribution is 2.27. The van der Waals surface area contributed by atoms with Gasteiger partial charge in [-0.3, -0.25) is 14.6 Å². The van der Waals surface area contributed by atoms with Gasteiger partial charge in [0.05, 0.1) is 11.4 Å². The first-order chi connectivity index (χ1) is 19.3. The van der Waals surface area contributed by atoms with Crippen LogP contribution in [0.15, 0.2) is 44.4 Å². The maximum atomic E-state index is 12.0. The van der Waals surface area contributed by atoms with Crippen molar-refractivity contribution in [2.24, 2.45) is 0 Å². The van der Waals surface area contributed by atoms with Gasteiger partial charge in [0, 0.05) is 46.3 Å². The fourth-order valence-electron chi connectivity index (χ4n) is 4.93. The van der Waals surface area contributed by atoms with Gasteiger partial charge in [-0.15, -0.1) is 0 Å². The molecular weight excluding hydrogens is 564 g/mol. The number of halogens is 1. The van der Waals surface area contributed by atoms with E-state index in [9.17, 15) is 9.59 Å². The van der Waals surface area contributed by atoms with Crippen molar-refractivity contribution in [2.75, 3.05) is 0 Å². The van der Waals surface area contributed by atoms with E-state index < -0.39 is 0 Å². The molecule has 208 valence electrons. The molecule has 0 bridgehead atoms. The monoisotopic (exact) mass is 594 g/mol. The number of aromatic amines is 2. The molecule has 0 aliphatic heterocycles. The van der Waals surface area contributed by atoms with Gasteiger partial charge in [0.1, 0.15) is 5.15 Å². The quantitative estimate of drug-likeness (QED) is 0.171. The van der Waals surface area contributed by atoms with E-state index in [2.05, 4.69) is 36.8 Å². The van der Waals surface area contributed by atoms with E-state index in [4.69, 9.17) is 11.6 Å². The van der Waals surface area contributed by atoms with E-state index in [0.717, 1.165) is 88.8 Å². The second-order valence-electron chi connectivity index (χ2n) is 9.97. The van der Waals surface area contributed by atoms with Crippen molar-refractivity contribution in [1.29, 1.82) is 0 Å². The molecule has 4 heterocycles. The highest BCUT2D eigenvalue weighted by molar-refractivity contribution is 7.98. The van der Waals surface area contributed by atoms with Gasteiger partial charge in [-0.25, -0.2) is 15.0 Å². The molecule has 8 nitrogen and oxygen atoms in total. The minimum absolute atomic E-state index is 0.00371. The molecule has 0 radical (unpaired) electrons. The zero-order valence-electron chi connectivity index (χ0n) is 22.8. The van der Waals surface area contributed by atoms with E-state index in [-0.39, 0.29) is 11.1 Å². The summed E-state index contributed by atoms with van der Waals surface area (Å²) in [5.41, 5.74) is 9.28. The smallest absolute Gasteiger partial charge is 0.254 e. The molecule has 0 amide bonds. The first-order valence-corrected chi connectivity index (χ1v) is 15.7. The Morgan fingerprint density at radius 3 is 1.77 bits per heavy atom. The largest absolute Gasteiger partial charge is 0.301 e. The third-order valence-corrected chi connectivity index (χ3v) is 9.41. The molecule has 6 rings (SSSR count). The van der Waals surface area contributed by atoms with Crippen LogP contribution in [0.25, 0.3) is 0 Å². The van der Waals surface area contributed by atoms with Crippen LogP contribution in [0.2, 0.25) is 5.15 Å². The number of nitrogens with one attached hydrogen (secondary N) is 2. The topological polar surface area (TPSA) is 117 Å². The van der Waals surface area contributed by atoms with Crippen LogP contribution in [0, 0.1) is 20.8 Å². The number of aromatic nitrogens is 6. The molecule has 2 N–H and O–H groups in total. The van der Waals surface area contributed by atoms with Crippen LogP contribution < -0.4 is 11.1 Å². The van der Waals surface area contributed by atoms with Gasteiger partial charge in [0.2, 0.25) is 0 Å². The maximum Gasteiger partial charge on any atom is 0.254 e. The zero-order chi connectivity index (χ0) is 28.2. The van der Waals surface area contributed by atoms with Gasteiger partial charge in [-0.05, 0) is 88.1 Å². The molecule has 0 saturated heterocycles. The lowest BCUT2D eigenvalue weighted by Crippen LogP contribution is -2.15. The molecule has 0 atom stereocenters. The Labute approximate surface area is 246 Å². The fraction of sp³-hybridized carbons (Fsp3) is 0.379. The van der Waals surface area contributed by atoms with E-state index in [1.807, 2.05) is 32.2 Å². The van der Waals surface area contributed by atoms with Crippen molar-refractivity contribution in [3.63, 3.8) is 0 Å². The zero-order valence-corrected chi connectivity index (χ0v) is 25.2. The minimum atomic E-state index is 0.00371. The van der Waals surface area contributed by atoms with Crippen LogP contribution in [0.4, 0.5) is 0 Å². The second kappa shape index (κ2) is 12.7. The predicted molar refractivity (Wildman–Crippen MR) is 161 cm³/mol. The Morgan fingerprint density at radius 2 is 1.25 bits per heavy atom. The molecule has 11 heteroatoms. The molecule has 0 fully saturated rings. The number of thioether (sulfide) groups is 2. The molecule has 0 saturated carbocycles. The van der Waals surface area contributed by atoms with Crippen LogP contribution in [0.5, 0.6) is 0 Å². The lowest BCUT2D eigenvalue weighted by atomic mass is 10.1. The molecule has 2 aliphatic rings. The summed E-state index contributed by atoms with van der Waals surface area (Å²) < 4.78 is 0. The Morgan fingerprint density at radius 1 is 0.750 bits per heavy atom. The summed E-state index contributed by atoms with van der Waals surface area (Å²) in [6.07, 6.45) is 9.12. The molecule has 40 heavy (non-hydrogen) atoms. The Hall–Kier alpha value is -2.95. The van der Waals surface area contributed by atoms with Gasteiger partial charge in [0.15, 0.2) is 10.3 Å². The number of hydrogen-bond donors (Lipinski definition) is 2. The molecule has 4 aromatic heterocycles. The van der Waals surface area contributed by atoms with Crippen LogP contribution >= 0.6 is 35.1 Å². The molecule has 0 unspecified atom stereocenters. The van der Waals surface area contributed by atoms with E-state index in [1.165, 1.54) is 22.9 Å². The lowest BCUT2D eigenvalue weighted by Gasteiger charge is -2.08. The summed E-state index contributed by atoms with van der Waals surface area (Å²) in [6, 6.07) is 3.95. The SMILES string of the molecule is Cc1ccnc(C)c1CSc1nc2c(c(=O)[nH]1)CCC2.Cc1ccnc(Cl)c1CSc1nc2c(c(=O)[nH]1)CCC2. The maximum absolute atomic E-state index is 12.0. The predicted octanol–water partition coefficient (Wildman–Crippen LogP) is 5.47. The summed E-state index contributed by atoms with van der Waals surface area (Å²) in [4.78, 5) is 47.1. The number of fused-ring (bicyclic) bond motifs is 2. The summed E-state index contributed by atoms with van der Waals surface area (Å²) in [5, 5.41) is 1.90. The first kappa shape index (κ1) is 28.6. The van der Waals surface area contributed by atoms with Gasteiger partial charge in [-0.2, -0.15) is 0 Å². The van der Waals surface area contributed by atoms with Crippen molar-refractivity contribution in [3.8, 4) is 0 Å². The summed E-state index contributed by atoms with van der Waals surface area (Å²) >= 11 is 9.17. The Balaban J connectivity index is 0.000000161. The molecule has 4 aromatic rings. The third-order valence-electron chi connectivity index (χ3n) is 7.29. The van der Waals surface area contributed by atoms with Crippen molar-refractivity contribution in [2.45, 2.75) is 81.1 Å². The average Bonchev–Trinajstić information content (AvgIpc) is 3.59. The van der Waals surface area contributed by atoms with Crippen molar-refractivity contribution >= 4 is 35.1 Å².